The van der Waals surface area contributed by atoms with E-state index in [-0.39, 0.29) is 21.9 Å². The highest BCUT2D eigenvalue weighted by Crippen LogP contribution is 2.29. The van der Waals surface area contributed by atoms with Gasteiger partial charge >= 0.3 is 0 Å². The molecule has 158 valence electrons. The molecule has 0 aliphatic carbocycles. The van der Waals surface area contributed by atoms with Gasteiger partial charge in [0.25, 0.3) is 15.6 Å². The van der Waals surface area contributed by atoms with Gasteiger partial charge in [0.15, 0.2) is 0 Å². The predicted octanol–water partition coefficient (Wildman–Crippen LogP) is 3.64. The number of halogens is 1. The van der Waals surface area contributed by atoms with Gasteiger partial charge < -0.3 is 4.74 Å². The Bertz CT molecular complexity index is 1470. The summed E-state index contributed by atoms with van der Waals surface area (Å²) in [5.74, 6) is -0.000348. The number of nitrogens with zero attached hydrogens (tertiary/aromatic N) is 2. The molecule has 0 saturated heterocycles. The van der Waals surface area contributed by atoms with Gasteiger partial charge in [0.1, 0.15) is 17.4 Å². The van der Waals surface area contributed by atoms with Crippen LogP contribution >= 0.6 is 0 Å². The molecule has 31 heavy (non-hydrogen) atoms. The van der Waals surface area contributed by atoms with E-state index in [2.05, 4.69) is 9.71 Å². The van der Waals surface area contributed by atoms with Gasteiger partial charge in [-0.05, 0) is 49.4 Å². The van der Waals surface area contributed by atoms with E-state index in [4.69, 9.17) is 4.74 Å². The fraction of sp³-hybridized carbons (Fsp3) is 0.0909. The smallest absolute Gasteiger partial charge is 0.265 e. The Morgan fingerprint density at radius 1 is 1.03 bits per heavy atom. The lowest BCUT2D eigenvalue weighted by molar-refractivity contribution is 0.416. The second-order valence-electron chi connectivity index (χ2n) is 6.76. The van der Waals surface area contributed by atoms with Crippen molar-refractivity contribution >= 4 is 26.6 Å². The van der Waals surface area contributed by atoms with Gasteiger partial charge in [-0.3, -0.25) is 14.1 Å². The zero-order valence-electron chi connectivity index (χ0n) is 16.7. The SMILES string of the molecule is COc1cc(-n2c(C)nc3ccccc3c2=O)ccc1NS(=O)(=O)c1cccc(F)c1. The summed E-state index contributed by atoms with van der Waals surface area (Å²) in [7, 11) is -2.66. The number of benzene rings is 3. The minimum absolute atomic E-state index is 0.148. The molecule has 0 bridgehead atoms. The minimum Gasteiger partial charge on any atom is -0.494 e. The highest BCUT2D eigenvalue weighted by molar-refractivity contribution is 7.92. The summed E-state index contributed by atoms with van der Waals surface area (Å²) < 4.78 is 47.9. The number of ether oxygens (including phenoxy) is 1. The molecule has 0 unspecified atom stereocenters. The highest BCUT2D eigenvalue weighted by atomic mass is 32.2. The Morgan fingerprint density at radius 3 is 2.55 bits per heavy atom. The summed E-state index contributed by atoms with van der Waals surface area (Å²) in [4.78, 5) is 17.3. The Labute approximate surface area is 177 Å². The van der Waals surface area contributed by atoms with Crippen molar-refractivity contribution in [3.05, 3.63) is 88.7 Å². The number of rotatable bonds is 5. The molecule has 0 saturated carbocycles. The maximum atomic E-state index is 13.5. The van der Waals surface area contributed by atoms with E-state index in [1.807, 2.05) is 0 Å². The van der Waals surface area contributed by atoms with Crippen molar-refractivity contribution in [2.75, 3.05) is 11.8 Å². The number of hydrogen-bond acceptors (Lipinski definition) is 5. The summed E-state index contributed by atoms with van der Waals surface area (Å²) >= 11 is 0. The summed E-state index contributed by atoms with van der Waals surface area (Å²) in [6.07, 6.45) is 0. The van der Waals surface area contributed by atoms with Gasteiger partial charge in [-0.2, -0.15) is 0 Å². The third-order valence-corrected chi connectivity index (χ3v) is 6.10. The van der Waals surface area contributed by atoms with Crippen LogP contribution in [0.4, 0.5) is 10.1 Å². The second-order valence-corrected chi connectivity index (χ2v) is 8.45. The molecular weight excluding hydrogens is 421 g/mol. The molecule has 0 aliphatic rings. The molecule has 4 rings (SSSR count). The van der Waals surface area contributed by atoms with Gasteiger partial charge in [0.05, 0.1) is 34.3 Å². The molecule has 1 N–H and O–H groups in total. The molecule has 1 aromatic heterocycles. The van der Waals surface area contributed by atoms with E-state index < -0.39 is 15.8 Å². The molecule has 0 spiro atoms. The quantitative estimate of drug-likeness (QED) is 0.513. The Morgan fingerprint density at radius 2 is 1.81 bits per heavy atom. The molecule has 1 heterocycles. The number of nitrogens with one attached hydrogen (secondary N) is 1. The first-order valence-corrected chi connectivity index (χ1v) is 10.7. The van der Waals surface area contributed by atoms with Crippen LogP contribution in [-0.4, -0.2) is 25.1 Å². The second kappa shape index (κ2) is 7.84. The summed E-state index contributed by atoms with van der Waals surface area (Å²) in [5, 5.41) is 0.461. The Kier molecular flexibility index (Phi) is 5.20. The zero-order chi connectivity index (χ0) is 22.2. The molecule has 0 aliphatic heterocycles. The van der Waals surface area contributed by atoms with Crippen LogP contribution in [-0.2, 0) is 10.0 Å². The van der Waals surface area contributed by atoms with Crippen molar-refractivity contribution in [2.45, 2.75) is 11.8 Å². The van der Waals surface area contributed by atoms with Gasteiger partial charge in [-0.15, -0.1) is 0 Å². The average Bonchev–Trinajstić information content (AvgIpc) is 2.74. The number of para-hydroxylation sites is 1. The summed E-state index contributed by atoms with van der Waals surface area (Å²) in [6, 6.07) is 16.3. The van der Waals surface area contributed by atoms with E-state index >= 15 is 0 Å². The Hall–Kier alpha value is -3.72. The van der Waals surface area contributed by atoms with Crippen LogP contribution in [0.1, 0.15) is 5.82 Å². The Balaban J connectivity index is 1.78. The average molecular weight is 439 g/mol. The van der Waals surface area contributed by atoms with Gasteiger partial charge in [0, 0.05) is 6.07 Å². The van der Waals surface area contributed by atoms with Crippen LogP contribution in [0.15, 0.2) is 76.4 Å². The molecule has 4 aromatic rings. The fourth-order valence-electron chi connectivity index (χ4n) is 3.29. The maximum absolute atomic E-state index is 13.5. The number of hydrogen-bond donors (Lipinski definition) is 1. The van der Waals surface area contributed by atoms with E-state index in [9.17, 15) is 17.6 Å². The van der Waals surface area contributed by atoms with Crippen LogP contribution < -0.4 is 15.0 Å². The standard InChI is InChI=1S/C22H18FN3O4S/c1-14-24-19-9-4-3-8-18(19)22(27)26(14)16-10-11-20(21(13-16)30-2)25-31(28,29)17-7-5-6-15(23)12-17/h3-13,25H,1-2H3. The van der Waals surface area contributed by atoms with E-state index in [1.54, 1.807) is 37.3 Å². The first-order chi connectivity index (χ1) is 14.8. The number of aromatic nitrogens is 2. The predicted molar refractivity (Wildman–Crippen MR) is 116 cm³/mol. The summed E-state index contributed by atoms with van der Waals surface area (Å²) in [5.41, 5.74) is 0.951. The number of fused-ring (bicyclic) bond motifs is 1. The number of sulfonamides is 1. The minimum atomic E-state index is -4.04. The maximum Gasteiger partial charge on any atom is 0.265 e. The lowest BCUT2D eigenvalue weighted by atomic mass is 10.2. The molecule has 0 amide bonds. The third kappa shape index (κ3) is 3.87. The molecule has 0 fully saturated rings. The molecule has 0 atom stereocenters. The normalized spacial score (nSPS) is 11.5. The first-order valence-electron chi connectivity index (χ1n) is 9.25. The van der Waals surface area contributed by atoms with Crippen LogP contribution in [0.25, 0.3) is 16.6 Å². The van der Waals surface area contributed by atoms with Crippen molar-refractivity contribution < 1.29 is 17.5 Å². The van der Waals surface area contributed by atoms with E-state index in [1.165, 1.54) is 35.9 Å². The van der Waals surface area contributed by atoms with Gasteiger partial charge in [-0.25, -0.2) is 17.8 Å². The van der Waals surface area contributed by atoms with Crippen molar-refractivity contribution in [2.24, 2.45) is 0 Å². The number of anilines is 1. The molecule has 0 radical (unpaired) electrons. The molecule has 3 aromatic carbocycles. The third-order valence-electron chi connectivity index (χ3n) is 4.74. The lowest BCUT2D eigenvalue weighted by Gasteiger charge is -2.15. The van der Waals surface area contributed by atoms with Crippen molar-refractivity contribution in [3.63, 3.8) is 0 Å². The first kappa shape index (κ1) is 20.5. The fourth-order valence-corrected chi connectivity index (χ4v) is 4.39. The van der Waals surface area contributed by atoms with Crippen LogP contribution in [0.2, 0.25) is 0 Å². The molecule has 9 heteroatoms. The van der Waals surface area contributed by atoms with Gasteiger partial charge in [0.2, 0.25) is 0 Å². The molecular formula is C22H18FN3O4S. The van der Waals surface area contributed by atoms with Crippen molar-refractivity contribution in [3.8, 4) is 11.4 Å². The van der Waals surface area contributed by atoms with Crippen LogP contribution in [0, 0.1) is 12.7 Å². The lowest BCUT2D eigenvalue weighted by Crippen LogP contribution is -2.22. The van der Waals surface area contributed by atoms with Crippen molar-refractivity contribution in [1.82, 2.24) is 9.55 Å². The zero-order valence-corrected chi connectivity index (χ0v) is 17.5. The molecule has 7 nitrogen and oxygen atoms in total. The van der Waals surface area contributed by atoms with Crippen molar-refractivity contribution in [1.29, 1.82) is 0 Å². The van der Waals surface area contributed by atoms with Crippen LogP contribution in [0.5, 0.6) is 5.75 Å². The highest BCUT2D eigenvalue weighted by Gasteiger charge is 2.18. The monoisotopic (exact) mass is 439 g/mol. The summed E-state index contributed by atoms with van der Waals surface area (Å²) in [6.45, 7) is 1.71. The van der Waals surface area contributed by atoms with Gasteiger partial charge in [-0.1, -0.05) is 18.2 Å². The largest absolute Gasteiger partial charge is 0.494 e. The number of aryl methyl sites for hydroxylation is 1. The topological polar surface area (TPSA) is 90.3 Å². The number of methoxy groups -OCH3 is 1. The van der Waals surface area contributed by atoms with E-state index in [0.29, 0.717) is 22.4 Å². The van der Waals surface area contributed by atoms with E-state index in [0.717, 1.165) is 12.1 Å². The van der Waals surface area contributed by atoms with Crippen LogP contribution in [0.3, 0.4) is 0 Å².